The van der Waals surface area contributed by atoms with E-state index >= 15 is 0 Å². The molecule has 0 saturated heterocycles. The fourth-order valence-corrected chi connectivity index (χ4v) is 2.50. The van der Waals surface area contributed by atoms with Gasteiger partial charge in [0.25, 0.3) is 5.91 Å². The molecule has 5 heteroatoms. The first kappa shape index (κ1) is 16.1. The Morgan fingerprint density at radius 1 is 0.958 bits per heavy atom. The van der Waals surface area contributed by atoms with Crippen LogP contribution in [0.5, 0.6) is 5.75 Å². The molecule has 5 nitrogen and oxygen atoms in total. The Morgan fingerprint density at radius 3 is 2.04 bits per heavy atom. The number of nitrogens with one attached hydrogen (secondary N) is 2. The number of ether oxygens (including phenoxy) is 1. The molecule has 0 aliphatic heterocycles. The average Bonchev–Trinajstić information content (AvgIpc) is 3.33. The van der Waals surface area contributed by atoms with Crippen molar-refractivity contribution in [3.8, 4) is 5.75 Å². The van der Waals surface area contributed by atoms with Gasteiger partial charge in [0.15, 0.2) is 0 Å². The molecule has 1 aliphatic rings. The topological polar surface area (TPSA) is 67.4 Å². The summed E-state index contributed by atoms with van der Waals surface area (Å²) in [5.74, 6) is 1.19. The molecule has 0 aromatic heterocycles. The van der Waals surface area contributed by atoms with Gasteiger partial charge in [-0.15, -0.1) is 0 Å². The Kier molecular flexibility index (Phi) is 4.51. The molecule has 0 radical (unpaired) electrons. The van der Waals surface area contributed by atoms with E-state index in [9.17, 15) is 9.59 Å². The molecule has 24 heavy (non-hydrogen) atoms. The van der Waals surface area contributed by atoms with Crippen LogP contribution in [0.15, 0.2) is 48.5 Å². The molecule has 1 aliphatic carbocycles. The van der Waals surface area contributed by atoms with Crippen molar-refractivity contribution in [1.82, 2.24) is 0 Å². The lowest BCUT2D eigenvalue weighted by atomic mass is 10.2. The lowest BCUT2D eigenvalue weighted by Crippen LogP contribution is -2.15. The van der Waals surface area contributed by atoms with Gasteiger partial charge in [0.1, 0.15) is 5.75 Å². The van der Waals surface area contributed by atoms with Crippen LogP contribution in [-0.2, 0) is 4.79 Å². The third kappa shape index (κ3) is 3.74. The van der Waals surface area contributed by atoms with E-state index in [1.807, 2.05) is 0 Å². The van der Waals surface area contributed by atoms with Gasteiger partial charge in [-0.05, 0) is 60.9 Å². The Labute approximate surface area is 141 Å². The van der Waals surface area contributed by atoms with Crippen LogP contribution in [0.1, 0.15) is 23.7 Å². The second-order valence-electron chi connectivity index (χ2n) is 6.07. The van der Waals surface area contributed by atoms with Gasteiger partial charge in [0.05, 0.1) is 7.11 Å². The minimum atomic E-state index is -0.200. The fourth-order valence-electron chi connectivity index (χ4n) is 2.50. The molecule has 0 spiro atoms. The van der Waals surface area contributed by atoms with E-state index in [0.29, 0.717) is 22.9 Å². The number of anilines is 2. The number of rotatable bonds is 5. The van der Waals surface area contributed by atoms with Gasteiger partial charge in [-0.2, -0.15) is 0 Å². The van der Waals surface area contributed by atoms with Crippen LogP contribution in [0.25, 0.3) is 0 Å². The summed E-state index contributed by atoms with van der Waals surface area (Å²) < 4.78 is 5.08. The molecule has 124 valence electrons. The third-order valence-corrected chi connectivity index (χ3v) is 4.21. The van der Waals surface area contributed by atoms with E-state index in [4.69, 9.17) is 4.74 Å². The highest BCUT2D eigenvalue weighted by molar-refractivity contribution is 6.04. The first-order valence-electron chi connectivity index (χ1n) is 7.93. The molecular weight excluding hydrogens is 304 g/mol. The zero-order valence-electron chi connectivity index (χ0n) is 13.7. The minimum Gasteiger partial charge on any atom is -0.497 e. The monoisotopic (exact) mass is 324 g/mol. The van der Waals surface area contributed by atoms with Crippen molar-refractivity contribution >= 4 is 23.2 Å². The van der Waals surface area contributed by atoms with E-state index in [2.05, 4.69) is 17.6 Å². The normalized spacial score (nSPS) is 18.6. The maximum absolute atomic E-state index is 12.2. The molecule has 2 N–H and O–H groups in total. The maximum Gasteiger partial charge on any atom is 0.255 e. The Balaban J connectivity index is 1.59. The lowest BCUT2D eigenvalue weighted by Gasteiger charge is -2.08. The maximum atomic E-state index is 12.2. The zero-order chi connectivity index (χ0) is 17.1. The summed E-state index contributed by atoms with van der Waals surface area (Å²) in [5.41, 5.74) is 1.93. The van der Waals surface area contributed by atoms with E-state index in [1.165, 1.54) is 0 Å². The Bertz CT molecular complexity index is 738. The Hall–Kier alpha value is -2.82. The summed E-state index contributed by atoms with van der Waals surface area (Å²) in [6.45, 7) is 2.07. The number of carbonyl (C=O) groups is 2. The van der Waals surface area contributed by atoms with E-state index in [0.717, 1.165) is 12.2 Å². The molecule has 0 unspecified atom stereocenters. The van der Waals surface area contributed by atoms with Gasteiger partial charge in [-0.3, -0.25) is 9.59 Å². The van der Waals surface area contributed by atoms with Crippen LogP contribution in [0.2, 0.25) is 0 Å². The molecule has 1 saturated carbocycles. The molecular formula is C19H20N2O3. The molecule has 1 fully saturated rings. The summed E-state index contributed by atoms with van der Waals surface area (Å²) in [7, 11) is 1.60. The van der Waals surface area contributed by atoms with Crippen LogP contribution in [0.3, 0.4) is 0 Å². The van der Waals surface area contributed by atoms with Crippen LogP contribution < -0.4 is 15.4 Å². The van der Waals surface area contributed by atoms with Gasteiger partial charge in [-0.25, -0.2) is 0 Å². The van der Waals surface area contributed by atoms with Gasteiger partial charge >= 0.3 is 0 Å². The standard InChI is InChI=1S/C19H20N2O3/c1-12-11-17(12)19(23)21-14-5-3-13(4-6-14)18(22)20-15-7-9-16(24-2)10-8-15/h3-10,12,17H,11H2,1-2H3,(H,20,22)(H,21,23)/t12-,17-/m0/s1. The summed E-state index contributed by atoms with van der Waals surface area (Å²) in [5, 5.41) is 5.70. The van der Waals surface area contributed by atoms with Crippen molar-refractivity contribution in [3.05, 3.63) is 54.1 Å². The van der Waals surface area contributed by atoms with Gasteiger partial charge < -0.3 is 15.4 Å². The first-order chi connectivity index (χ1) is 11.6. The van der Waals surface area contributed by atoms with E-state index < -0.39 is 0 Å². The number of carbonyl (C=O) groups excluding carboxylic acids is 2. The van der Waals surface area contributed by atoms with Crippen LogP contribution >= 0.6 is 0 Å². The predicted octanol–water partition coefficient (Wildman–Crippen LogP) is 3.54. The molecule has 0 heterocycles. The highest BCUT2D eigenvalue weighted by Crippen LogP contribution is 2.38. The molecule has 3 rings (SSSR count). The van der Waals surface area contributed by atoms with Crippen LogP contribution in [0.4, 0.5) is 11.4 Å². The number of methoxy groups -OCH3 is 1. The van der Waals surface area contributed by atoms with E-state index in [-0.39, 0.29) is 17.7 Å². The summed E-state index contributed by atoms with van der Waals surface area (Å²) in [6.07, 6.45) is 0.953. The average molecular weight is 324 g/mol. The number of hydrogen-bond acceptors (Lipinski definition) is 3. The van der Waals surface area contributed by atoms with Crippen molar-refractivity contribution in [3.63, 3.8) is 0 Å². The van der Waals surface area contributed by atoms with Crippen molar-refractivity contribution in [2.45, 2.75) is 13.3 Å². The van der Waals surface area contributed by atoms with Gasteiger partial charge in [0.2, 0.25) is 5.91 Å². The molecule has 2 aromatic carbocycles. The highest BCUT2D eigenvalue weighted by Gasteiger charge is 2.39. The molecule has 0 bridgehead atoms. The van der Waals surface area contributed by atoms with Crippen molar-refractivity contribution < 1.29 is 14.3 Å². The molecule has 2 amide bonds. The summed E-state index contributed by atoms with van der Waals surface area (Å²) in [6, 6.07) is 14.0. The number of benzene rings is 2. The predicted molar refractivity (Wildman–Crippen MR) is 93.3 cm³/mol. The number of amides is 2. The highest BCUT2D eigenvalue weighted by atomic mass is 16.5. The summed E-state index contributed by atoms with van der Waals surface area (Å²) >= 11 is 0. The van der Waals surface area contributed by atoms with Crippen LogP contribution in [-0.4, -0.2) is 18.9 Å². The second-order valence-corrected chi connectivity index (χ2v) is 6.07. The largest absolute Gasteiger partial charge is 0.497 e. The van der Waals surface area contributed by atoms with Crippen LogP contribution in [0, 0.1) is 11.8 Å². The second kappa shape index (κ2) is 6.74. The SMILES string of the molecule is COc1ccc(NC(=O)c2ccc(NC(=O)[C@H]3C[C@@H]3C)cc2)cc1. The van der Waals surface area contributed by atoms with E-state index in [1.54, 1.807) is 55.6 Å². The zero-order valence-corrected chi connectivity index (χ0v) is 13.7. The van der Waals surface area contributed by atoms with Crippen molar-refractivity contribution in [1.29, 1.82) is 0 Å². The van der Waals surface area contributed by atoms with Gasteiger partial charge in [0, 0.05) is 22.9 Å². The lowest BCUT2D eigenvalue weighted by molar-refractivity contribution is -0.117. The molecule has 2 aromatic rings. The smallest absolute Gasteiger partial charge is 0.255 e. The summed E-state index contributed by atoms with van der Waals surface area (Å²) in [4.78, 5) is 24.1. The number of hydrogen-bond donors (Lipinski definition) is 2. The molecule has 2 atom stereocenters. The Morgan fingerprint density at radius 2 is 1.50 bits per heavy atom. The third-order valence-electron chi connectivity index (χ3n) is 4.21. The quantitative estimate of drug-likeness (QED) is 0.884. The van der Waals surface area contributed by atoms with Gasteiger partial charge in [-0.1, -0.05) is 6.92 Å². The minimum absolute atomic E-state index is 0.0536. The van der Waals surface area contributed by atoms with Crippen molar-refractivity contribution in [2.75, 3.05) is 17.7 Å². The fraction of sp³-hybridized carbons (Fsp3) is 0.263. The van der Waals surface area contributed by atoms with Crippen molar-refractivity contribution in [2.24, 2.45) is 11.8 Å². The first-order valence-corrected chi connectivity index (χ1v) is 7.93.